The van der Waals surface area contributed by atoms with E-state index >= 15 is 0 Å². The number of carbonyl (C=O) groups is 1. The molecule has 0 amide bonds. The molecule has 0 aromatic rings. The first-order valence-electron chi connectivity index (χ1n) is 9.15. The van der Waals surface area contributed by atoms with Crippen molar-refractivity contribution in [3.63, 3.8) is 0 Å². The molecule has 0 fully saturated rings. The zero-order chi connectivity index (χ0) is 15.8. The van der Waals surface area contributed by atoms with Crippen molar-refractivity contribution < 1.29 is 9.90 Å². The number of hydrogen-bond donors (Lipinski definition) is 2. The topological polar surface area (TPSA) is 63.3 Å². The highest BCUT2D eigenvalue weighted by molar-refractivity contribution is 5.69. The molecule has 0 saturated carbocycles. The van der Waals surface area contributed by atoms with E-state index in [9.17, 15) is 9.90 Å². The maximum Gasteiger partial charge on any atom is 0.306 e. The lowest BCUT2D eigenvalue weighted by Crippen LogP contribution is -2.13. The average Bonchev–Trinajstić information content (AvgIpc) is 2.47. The molecule has 0 aliphatic carbocycles. The van der Waals surface area contributed by atoms with E-state index in [0.29, 0.717) is 0 Å². The van der Waals surface area contributed by atoms with E-state index in [1.54, 1.807) is 0 Å². The van der Waals surface area contributed by atoms with Crippen molar-refractivity contribution in [2.45, 2.75) is 96.8 Å². The van der Waals surface area contributed by atoms with Gasteiger partial charge in [0.15, 0.2) is 0 Å². The quantitative estimate of drug-likeness (QED) is 0.388. The first kappa shape index (κ1) is 20.4. The Hall–Kier alpha value is -0.570. The van der Waals surface area contributed by atoms with E-state index in [-0.39, 0.29) is 5.92 Å². The molecular weight excluding hydrogens is 262 g/mol. The summed E-state index contributed by atoms with van der Waals surface area (Å²) in [5.74, 6) is -0.722. The van der Waals surface area contributed by atoms with Gasteiger partial charge in [-0.05, 0) is 25.8 Å². The molecule has 0 heterocycles. The Bertz CT molecular complexity index is 231. The van der Waals surface area contributed by atoms with Crippen molar-refractivity contribution in [1.82, 2.24) is 0 Å². The number of rotatable bonds is 16. The minimum atomic E-state index is -0.600. The molecule has 0 aliphatic rings. The van der Waals surface area contributed by atoms with E-state index in [2.05, 4.69) is 6.92 Å². The van der Waals surface area contributed by atoms with E-state index in [1.165, 1.54) is 44.9 Å². The van der Waals surface area contributed by atoms with Crippen LogP contribution < -0.4 is 5.73 Å². The van der Waals surface area contributed by atoms with Crippen LogP contribution in [0.15, 0.2) is 0 Å². The highest BCUT2D eigenvalue weighted by atomic mass is 16.4. The second kappa shape index (κ2) is 15.8. The average molecular weight is 299 g/mol. The Morgan fingerprint density at radius 2 is 1.24 bits per heavy atom. The van der Waals surface area contributed by atoms with Crippen molar-refractivity contribution in [3.05, 3.63) is 0 Å². The van der Waals surface area contributed by atoms with Gasteiger partial charge in [0.05, 0.1) is 5.92 Å². The van der Waals surface area contributed by atoms with Crippen LogP contribution in [0.25, 0.3) is 0 Å². The van der Waals surface area contributed by atoms with Gasteiger partial charge in [-0.2, -0.15) is 0 Å². The summed E-state index contributed by atoms with van der Waals surface area (Å²) in [5, 5.41) is 9.26. The molecule has 0 rings (SSSR count). The van der Waals surface area contributed by atoms with Gasteiger partial charge in [-0.1, -0.05) is 77.6 Å². The predicted octanol–water partition coefficient (Wildman–Crippen LogP) is 5.13. The van der Waals surface area contributed by atoms with Gasteiger partial charge in [-0.25, -0.2) is 0 Å². The molecule has 0 saturated heterocycles. The number of carboxylic acids is 1. The molecule has 3 nitrogen and oxygen atoms in total. The highest BCUT2D eigenvalue weighted by Crippen LogP contribution is 2.19. The van der Waals surface area contributed by atoms with Crippen molar-refractivity contribution in [2.24, 2.45) is 11.7 Å². The maximum absolute atomic E-state index is 11.2. The summed E-state index contributed by atoms with van der Waals surface area (Å²) in [4.78, 5) is 11.2. The van der Waals surface area contributed by atoms with Crippen LogP contribution in [-0.2, 0) is 4.79 Å². The molecule has 0 bridgehead atoms. The molecule has 1 unspecified atom stereocenters. The number of hydrogen-bond acceptors (Lipinski definition) is 2. The van der Waals surface area contributed by atoms with Gasteiger partial charge in [0.2, 0.25) is 0 Å². The molecule has 126 valence electrons. The van der Waals surface area contributed by atoms with E-state index in [0.717, 1.165) is 51.5 Å². The minimum Gasteiger partial charge on any atom is -0.481 e. The third-order valence-corrected chi connectivity index (χ3v) is 4.26. The number of unbranched alkanes of at least 4 members (excludes halogenated alkanes) is 10. The zero-order valence-electron chi connectivity index (χ0n) is 14.1. The fourth-order valence-electron chi connectivity index (χ4n) is 2.80. The van der Waals surface area contributed by atoms with Crippen LogP contribution >= 0.6 is 0 Å². The minimum absolute atomic E-state index is 0.122. The van der Waals surface area contributed by atoms with Gasteiger partial charge < -0.3 is 10.8 Å². The SMILES string of the molecule is CCCCCCCCCCC(CCCCCCN)C(=O)O. The first-order valence-corrected chi connectivity index (χ1v) is 9.15. The fourth-order valence-corrected chi connectivity index (χ4v) is 2.80. The second-order valence-electron chi connectivity index (χ2n) is 6.29. The molecule has 0 aliphatic heterocycles. The van der Waals surface area contributed by atoms with Crippen LogP contribution in [0.3, 0.4) is 0 Å². The maximum atomic E-state index is 11.2. The summed E-state index contributed by atoms with van der Waals surface area (Å²) in [6.45, 7) is 2.99. The Morgan fingerprint density at radius 3 is 1.67 bits per heavy atom. The lowest BCUT2D eigenvalue weighted by atomic mass is 9.94. The largest absolute Gasteiger partial charge is 0.481 e. The van der Waals surface area contributed by atoms with Crippen molar-refractivity contribution in [1.29, 1.82) is 0 Å². The zero-order valence-corrected chi connectivity index (χ0v) is 14.1. The van der Waals surface area contributed by atoms with E-state index < -0.39 is 5.97 Å². The predicted molar refractivity (Wildman–Crippen MR) is 90.5 cm³/mol. The summed E-state index contributed by atoms with van der Waals surface area (Å²) < 4.78 is 0. The molecule has 0 aromatic heterocycles. The first-order chi connectivity index (χ1) is 10.2. The Labute approximate surface area is 131 Å². The number of nitrogens with two attached hydrogens (primary N) is 1. The summed E-state index contributed by atoms with van der Waals surface area (Å²) in [5.41, 5.74) is 5.46. The van der Waals surface area contributed by atoms with Gasteiger partial charge in [0.25, 0.3) is 0 Å². The lowest BCUT2D eigenvalue weighted by Gasteiger charge is -2.12. The van der Waals surface area contributed by atoms with Gasteiger partial charge in [-0.15, -0.1) is 0 Å². The van der Waals surface area contributed by atoms with E-state index in [4.69, 9.17) is 5.73 Å². The summed E-state index contributed by atoms with van der Waals surface area (Å²) >= 11 is 0. The van der Waals surface area contributed by atoms with Crippen molar-refractivity contribution >= 4 is 5.97 Å². The molecule has 0 spiro atoms. The molecule has 3 N–H and O–H groups in total. The molecule has 0 radical (unpaired) electrons. The molecule has 0 aromatic carbocycles. The van der Waals surface area contributed by atoms with Gasteiger partial charge in [-0.3, -0.25) is 4.79 Å². The third kappa shape index (κ3) is 14.1. The van der Waals surface area contributed by atoms with Crippen LogP contribution in [0.1, 0.15) is 96.8 Å². The van der Waals surface area contributed by atoms with Gasteiger partial charge in [0, 0.05) is 0 Å². The molecular formula is C18H37NO2. The molecule has 3 heteroatoms. The fraction of sp³-hybridized carbons (Fsp3) is 0.944. The Morgan fingerprint density at radius 1 is 0.810 bits per heavy atom. The normalized spacial score (nSPS) is 12.5. The van der Waals surface area contributed by atoms with E-state index in [1.807, 2.05) is 0 Å². The van der Waals surface area contributed by atoms with Gasteiger partial charge in [0.1, 0.15) is 0 Å². The van der Waals surface area contributed by atoms with Crippen LogP contribution in [0.4, 0.5) is 0 Å². The van der Waals surface area contributed by atoms with Crippen LogP contribution in [0.5, 0.6) is 0 Å². The Kier molecular flexibility index (Phi) is 15.4. The van der Waals surface area contributed by atoms with Crippen LogP contribution in [0, 0.1) is 5.92 Å². The summed E-state index contributed by atoms with van der Waals surface area (Å²) in [6, 6.07) is 0. The van der Waals surface area contributed by atoms with Crippen LogP contribution in [0.2, 0.25) is 0 Å². The molecule has 21 heavy (non-hydrogen) atoms. The number of aliphatic carboxylic acids is 1. The highest BCUT2D eigenvalue weighted by Gasteiger charge is 2.16. The van der Waals surface area contributed by atoms with Crippen molar-refractivity contribution in [3.8, 4) is 0 Å². The van der Waals surface area contributed by atoms with Crippen LogP contribution in [-0.4, -0.2) is 17.6 Å². The monoisotopic (exact) mass is 299 g/mol. The number of carboxylic acid groups (broad SMARTS) is 1. The lowest BCUT2D eigenvalue weighted by molar-refractivity contribution is -0.142. The molecule has 1 atom stereocenters. The van der Waals surface area contributed by atoms with Gasteiger partial charge >= 0.3 is 5.97 Å². The van der Waals surface area contributed by atoms with Crippen molar-refractivity contribution in [2.75, 3.05) is 6.54 Å². The third-order valence-electron chi connectivity index (χ3n) is 4.26. The summed E-state index contributed by atoms with van der Waals surface area (Å²) in [6.07, 6.45) is 16.3. The standard InChI is InChI=1S/C18H37NO2/c1-2-3-4-5-6-7-8-11-14-17(18(20)21)15-12-9-10-13-16-19/h17H,2-16,19H2,1H3,(H,20,21). The summed E-state index contributed by atoms with van der Waals surface area (Å²) in [7, 11) is 0. The smallest absolute Gasteiger partial charge is 0.306 e. The second-order valence-corrected chi connectivity index (χ2v) is 6.29. The Balaban J connectivity index is 3.50.